The summed E-state index contributed by atoms with van der Waals surface area (Å²) >= 11 is 1.26. The van der Waals surface area contributed by atoms with Gasteiger partial charge in [-0.2, -0.15) is 0 Å². The molecule has 0 spiro atoms. The maximum absolute atomic E-state index is 12.7. The van der Waals surface area contributed by atoms with Crippen molar-refractivity contribution >= 4 is 34.4 Å². The number of ether oxygens (including phenoxy) is 1. The van der Waals surface area contributed by atoms with Gasteiger partial charge < -0.3 is 20.8 Å². The monoisotopic (exact) mass is 405 g/mol. The summed E-state index contributed by atoms with van der Waals surface area (Å²) in [5.41, 5.74) is 6.21. The van der Waals surface area contributed by atoms with E-state index in [0.29, 0.717) is 29.4 Å². The molecule has 28 heavy (non-hydrogen) atoms. The second-order valence-electron chi connectivity index (χ2n) is 7.53. The quantitative estimate of drug-likeness (QED) is 0.720. The molecule has 0 aromatic carbocycles. The number of carbonyl (C=O) groups excluding carboxylic acids is 3. The summed E-state index contributed by atoms with van der Waals surface area (Å²) in [6, 6.07) is 1.01. The third kappa shape index (κ3) is 4.50. The number of rotatable bonds is 4. The van der Waals surface area contributed by atoms with E-state index in [-0.39, 0.29) is 11.6 Å². The van der Waals surface area contributed by atoms with Gasteiger partial charge in [0, 0.05) is 23.7 Å². The highest BCUT2D eigenvalue weighted by Crippen LogP contribution is 2.27. The molecule has 3 heterocycles. The van der Waals surface area contributed by atoms with Crippen molar-refractivity contribution in [2.24, 2.45) is 5.73 Å². The van der Waals surface area contributed by atoms with Crippen molar-refractivity contribution in [1.82, 2.24) is 14.9 Å². The highest BCUT2D eigenvalue weighted by molar-refractivity contribution is 7.14. The fraction of sp³-hybridized carbons (Fsp3) is 0.444. The highest BCUT2D eigenvalue weighted by Gasteiger charge is 2.36. The van der Waals surface area contributed by atoms with Gasteiger partial charge >= 0.3 is 6.09 Å². The van der Waals surface area contributed by atoms with Gasteiger partial charge in [-0.15, -0.1) is 11.3 Å². The van der Waals surface area contributed by atoms with Crippen LogP contribution in [0.4, 0.5) is 9.93 Å². The third-order valence-electron chi connectivity index (χ3n) is 4.16. The normalized spacial score (nSPS) is 16.8. The Balaban J connectivity index is 1.66. The summed E-state index contributed by atoms with van der Waals surface area (Å²) in [7, 11) is 0. The zero-order chi connectivity index (χ0) is 20.5. The number of aromatic nitrogens is 2. The SMILES string of the molecule is CC(C)(C)OC(=O)N1CCCC1C(=O)Nc1nc(-c2c[nH]c(C(N)=O)c2)cs1. The van der Waals surface area contributed by atoms with Gasteiger partial charge in [-0.1, -0.05) is 0 Å². The van der Waals surface area contributed by atoms with Crippen molar-refractivity contribution in [2.75, 3.05) is 11.9 Å². The van der Waals surface area contributed by atoms with E-state index in [0.717, 1.165) is 6.42 Å². The Hall–Kier alpha value is -2.88. The number of nitrogens with one attached hydrogen (secondary N) is 2. The summed E-state index contributed by atoms with van der Waals surface area (Å²) < 4.78 is 5.39. The maximum Gasteiger partial charge on any atom is 0.410 e. The molecule has 1 saturated heterocycles. The lowest BCUT2D eigenvalue weighted by molar-refractivity contribution is -0.120. The maximum atomic E-state index is 12.7. The molecule has 0 bridgehead atoms. The second kappa shape index (κ2) is 7.63. The number of H-pyrrole nitrogens is 1. The van der Waals surface area contributed by atoms with E-state index in [2.05, 4.69) is 15.3 Å². The van der Waals surface area contributed by atoms with E-state index in [1.165, 1.54) is 16.2 Å². The average molecular weight is 405 g/mol. The first-order chi connectivity index (χ1) is 13.1. The molecule has 1 fully saturated rings. The van der Waals surface area contributed by atoms with Crippen molar-refractivity contribution in [2.45, 2.75) is 45.3 Å². The van der Waals surface area contributed by atoms with Gasteiger partial charge in [0.25, 0.3) is 5.91 Å². The van der Waals surface area contributed by atoms with Crippen LogP contribution < -0.4 is 11.1 Å². The molecule has 1 aliphatic heterocycles. The number of thiazole rings is 1. The van der Waals surface area contributed by atoms with Gasteiger partial charge in [0.05, 0.1) is 5.69 Å². The number of nitrogens with zero attached hydrogens (tertiary/aromatic N) is 2. The number of carbonyl (C=O) groups is 3. The summed E-state index contributed by atoms with van der Waals surface area (Å²) in [6.45, 7) is 5.85. The predicted molar refractivity (Wildman–Crippen MR) is 105 cm³/mol. The number of likely N-dealkylation sites (tertiary alicyclic amines) is 1. The van der Waals surface area contributed by atoms with Crippen molar-refractivity contribution in [3.05, 3.63) is 23.3 Å². The third-order valence-corrected chi connectivity index (χ3v) is 4.92. The Morgan fingerprint density at radius 2 is 2.14 bits per heavy atom. The molecule has 1 aliphatic rings. The minimum absolute atomic E-state index is 0.285. The highest BCUT2D eigenvalue weighted by atomic mass is 32.1. The van der Waals surface area contributed by atoms with Crippen LogP contribution in [0, 0.1) is 0 Å². The molecule has 9 nitrogen and oxygen atoms in total. The number of hydrogen-bond donors (Lipinski definition) is 3. The molecular weight excluding hydrogens is 382 g/mol. The molecule has 3 rings (SSSR count). The topological polar surface area (TPSA) is 130 Å². The fourth-order valence-electron chi connectivity index (χ4n) is 2.92. The number of amides is 3. The van der Waals surface area contributed by atoms with E-state index in [1.54, 1.807) is 38.4 Å². The number of nitrogens with two attached hydrogens (primary N) is 1. The number of hydrogen-bond acceptors (Lipinski definition) is 6. The Kier molecular flexibility index (Phi) is 5.41. The second-order valence-corrected chi connectivity index (χ2v) is 8.38. The van der Waals surface area contributed by atoms with Gasteiger partial charge in [-0.25, -0.2) is 9.78 Å². The summed E-state index contributed by atoms with van der Waals surface area (Å²) in [6.07, 6.45) is 2.45. The molecule has 0 radical (unpaired) electrons. The number of aromatic amines is 1. The molecule has 1 atom stereocenters. The van der Waals surface area contributed by atoms with Crippen molar-refractivity contribution in [1.29, 1.82) is 0 Å². The average Bonchev–Trinajstić information content (AvgIpc) is 3.32. The van der Waals surface area contributed by atoms with E-state index in [4.69, 9.17) is 10.5 Å². The summed E-state index contributed by atoms with van der Waals surface area (Å²) in [5, 5.41) is 4.95. The van der Waals surface area contributed by atoms with E-state index in [9.17, 15) is 14.4 Å². The minimum Gasteiger partial charge on any atom is -0.444 e. The lowest BCUT2D eigenvalue weighted by Gasteiger charge is -2.27. The van der Waals surface area contributed by atoms with Crippen molar-refractivity contribution < 1.29 is 19.1 Å². The Labute approximate surface area is 166 Å². The standard InChI is InChI=1S/C18H23N5O4S/c1-18(2,3)27-17(26)23-6-4-5-13(23)15(25)22-16-21-12(9-28-16)10-7-11(14(19)24)20-8-10/h7-9,13,20H,4-6H2,1-3H3,(H2,19,24)(H,21,22,25). The molecule has 2 aromatic rings. The van der Waals surface area contributed by atoms with Crippen LogP contribution in [-0.2, 0) is 9.53 Å². The van der Waals surface area contributed by atoms with Crippen LogP contribution in [0.3, 0.4) is 0 Å². The zero-order valence-corrected chi connectivity index (χ0v) is 16.8. The van der Waals surface area contributed by atoms with Gasteiger partial charge in [0.2, 0.25) is 5.91 Å². The van der Waals surface area contributed by atoms with Crippen molar-refractivity contribution in [3.8, 4) is 11.3 Å². The van der Waals surface area contributed by atoms with Crippen LogP contribution >= 0.6 is 11.3 Å². The molecule has 150 valence electrons. The first-order valence-electron chi connectivity index (χ1n) is 8.88. The summed E-state index contributed by atoms with van der Waals surface area (Å²) in [4.78, 5) is 44.8. The molecular formula is C18H23N5O4S. The van der Waals surface area contributed by atoms with E-state index >= 15 is 0 Å². The first-order valence-corrected chi connectivity index (χ1v) is 9.76. The molecule has 0 aliphatic carbocycles. The van der Waals surface area contributed by atoms with Gasteiger partial charge in [0.15, 0.2) is 5.13 Å². The van der Waals surface area contributed by atoms with Gasteiger partial charge in [-0.05, 0) is 39.7 Å². The Morgan fingerprint density at radius 1 is 1.39 bits per heavy atom. The van der Waals surface area contributed by atoms with Crippen LogP contribution in [0.15, 0.2) is 17.6 Å². The smallest absolute Gasteiger partial charge is 0.410 e. The fourth-order valence-corrected chi connectivity index (χ4v) is 3.64. The largest absolute Gasteiger partial charge is 0.444 e. The van der Waals surface area contributed by atoms with Crippen LogP contribution in [0.2, 0.25) is 0 Å². The molecule has 10 heteroatoms. The van der Waals surface area contributed by atoms with Crippen LogP contribution in [0.5, 0.6) is 0 Å². The van der Waals surface area contributed by atoms with E-state index in [1.807, 2.05) is 0 Å². The first kappa shape index (κ1) is 19.9. The van der Waals surface area contributed by atoms with Gasteiger partial charge in [-0.3, -0.25) is 14.5 Å². The minimum atomic E-state index is -0.620. The van der Waals surface area contributed by atoms with Crippen LogP contribution in [0.1, 0.15) is 44.1 Å². The molecule has 0 saturated carbocycles. The molecule has 3 amide bonds. The molecule has 4 N–H and O–H groups in total. The van der Waals surface area contributed by atoms with Crippen molar-refractivity contribution in [3.63, 3.8) is 0 Å². The van der Waals surface area contributed by atoms with E-state index < -0.39 is 23.6 Å². The van der Waals surface area contributed by atoms with Gasteiger partial charge in [0.1, 0.15) is 17.3 Å². The number of primary amides is 1. The van der Waals surface area contributed by atoms with Crippen LogP contribution in [0.25, 0.3) is 11.3 Å². The lowest BCUT2D eigenvalue weighted by atomic mass is 10.2. The lowest BCUT2D eigenvalue weighted by Crippen LogP contribution is -2.45. The molecule has 2 aromatic heterocycles. The zero-order valence-electron chi connectivity index (χ0n) is 15.9. The Bertz CT molecular complexity index is 898. The summed E-state index contributed by atoms with van der Waals surface area (Å²) in [5.74, 6) is -0.852. The molecule has 1 unspecified atom stereocenters. The Morgan fingerprint density at radius 3 is 2.79 bits per heavy atom. The number of anilines is 1. The van der Waals surface area contributed by atoms with Crippen LogP contribution in [-0.4, -0.2) is 51.0 Å². The predicted octanol–water partition coefficient (Wildman–Crippen LogP) is 2.58.